The van der Waals surface area contributed by atoms with Crippen LogP contribution in [0, 0.1) is 11.3 Å². The Labute approximate surface area is 102 Å². The topological polar surface area (TPSA) is 89.0 Å². The molecule has 0 aliphatic heterocycles. The van der Waals surface area contributed by atoms with Gasteiger partial charge in [0.05, 0.1) is 13.5 Å². The predicted molar refractivity (Wildman–Crippen MR) is 57.5 cm³/mol. The number of halogens is 2. The monoisotopic (exact) mass is 255 g/mol. The second-order valence-corrected chi connectivity index (χ2v) is 3.40. The molecular formula is C11H11F2N3O2. The summed E-state index contributed by atoms with van der Waals surface area (Å²) in [4.78, 5) is 14.7. The minimum Gasteiger partial charge on any atom is -0.469 e. The second-order valence-electron chi connectivity index (χ2n) is 3.40. The first-order valence-corrected chi connectivity index (χ1v) is 5.01. The largest absolute Gasteiger partial charge is 0.469 e. The van der Waals surface area contributed by atoms with Gasteiger partial charge in [-0.2, -0.15) is 5.26 Å². The third kappa shape index (κ3) is 2.99. The van der Waals surface area contributed by atoms with Gasteiger partial charge in [0.1, 0.15) is 17.5 Å². The number of methoxy groups -OCH3 is 1. The van der Waals surface area contributed by atoms with Crippen LogP contribution in [-0.2, 0) is 22.5 Å². The normalized spacial score (nSPS) is 10.2. The quantitative estimate of drug-likeness (QED) is 0.813. The standard InChI is InChI=1S/C11H11F2N3O2/c1-18-9(17)3-8-6(4-14)2-7(5-15)16-10(8)11(12)13/h2,11H,3-4,14H2,1H3. The zero-order valence-electron chi connectivity index (χ0n) is 9.61. The van der Waals surface area contributed by atoms with E-state index < -0.39 is 18.1 Å². The van der Waals surface area contributed by atoms with Crippen LogP contribution in [0.4, 0.5) is 8.78 Å². The smallest absolute Gasteiger partial charge is 0.310 e. The first-order chi connectivity index (χ1) is 8.53. The molecule has 0 bridgehead atoms. The second kappa shape index (κ2) is 6.02. The molecule has 1 heterocycles. The highest BCUT2D eigenvalue weighted by molar-refractivity contribution is 5.73. The maximum Gasteiger partial charge on any atom is 0.310 e. The van der Waals surface area contributed by atoms with Crippen molar-refractivity contribution in [1.29, 1.82) is 5.26 Å². The third-order valence-corrected chi connectivity index (χ3v) is 2.34. The lowest BCUT2D eigenvalue weighted by molar-refractivity contribution is -0.139. The van der Waals surface area contributed by atoms with Crippen LogP contribution in [-0.4, -0.2) is 18.1 Å². The van der Waals surface area contributed by atoms with Gasteiger partial charge in [0, 0.05) is 6.54 Å². The van der Waals surface area contributed by atoms with Crippen LogP contribution in [0.25, 0.3) is 0 Å². The number of alkyl halides is 2. The van der Waals surface area contributed by atoms with Gasteiger partial charge in [-0.3, -0.25) is 4.79 Å². The molecule has 96 valence electrons. The summed E-state index contributed by atoms with van der Waals surface area (Å²) in [7, 11) is 1.16. The number of esters is 1. The number of ether oxygens (including phenoxy) is 1. The summed E-state index contributed by atoms with van der Waals surface area (Å²) >= 11 is 0. The average molecular weight is 255 g/mol. The van der Waals surface area contributed by atoms with Crippen LogP contribution >= 0.6 is 0 Å². The van der Waals surface area contributed by atoms with Crippen molar-refractivity contribution in [2.75, 3.05) is 7.11 Å². The van der Waals surface area contributed by atoms with Crippen LogP contribution in [0.1, 0.15) is 28.9 Å². The van der Waals surface area contributed by atoms with Crippen molar-refractivity contribution < 1.29 is 18.3 Å². The third-order valence-electron chi connectivity index (χ3n) is 2.34. The Morgan fingerprint density at radius 3 is 2.78 bits per heavy atom. The van der Waals surface area contributed by atoms with E-state index in [0.717, 1.165) is 7.11 Å². The van der Waals surface area contributed by atoms with E-state index in [1.165, 1.54) is 6.07 Å². The van der Waals surface area contributed by atoms with E-state index in [-0.39, 0.29) is 24.2 Å². The van der Waals surface area contributed by atoms with Gasteiger partial charge in [0.15, 0.2) is 0 Å². The number of carbonyl (C=O) groups is 1. The number of nitriles is 1. The van der Waals surface area contributed by atoms with Gasteiger partial charge in [0.2, 0.25) is 0 Å². The van der Waals surface area contributed by atoms with Crippen LogP contribution in [0.15, 0.2) is 6.07 Å². The van der Waals surface area contributed by atoms with E-state index in [4.69, 9.17) is 11.0 Å². The number of hydrogen-bond acceptors (Lipinski definition) is 5. The molecule has 0 radical (unpaired) electrons. The Balaban J connectivity index is 3.35. The van der Waals surface area contributed by atoms with E-state index in [0.29, 0.717) is 5.56 Å². The summed E-state index contributed by atoms with van der Waals surface area (Å²) < 4.78 is 30.1. The van der Waals surface area contributed by atoms with Crippen molar-refractivity contribution >= 4 is 5.97 Å². The Morgan fingerprint density at radius 1 is 1.67 bits per heavy atom. The van der Waals surface area contributed by atoms with Crippen molar-refractivity contribution in [1.82, 2.24) is 4.98 Å². The van der Waals surface area contributed by atoms with Crippen LogP contribution in [0.2, 0.25) is 0 Å². The summed E-state index contributed by atoms with van der Waals surface area (Å²) in [5.41, 5.74) is 5.00. The number of hydrogen-bond donors (Lipinski definition) is 1. The van der Waals surface area contributed by atoms with Crippen molar-refractivity contribution in [2.45, 2.75) is 19.4 Å². The molecule has 0 atom stereocenters. The number of carbonyl (C=O) groups excluding carboxylic acids is 1. The highest BCUT2D eigenvalue weighted by atomic mass is 19.3. The molecule has 1 aromatic heterocycles. The van der Waals surface area contributed by atoms with Crippen molar-refractivity contribution in [3.63, 3.8) is 0 Å². The zero-order valence-corrected chi connectivity index (χ0v) is 9.61. The molecule has 5 nitrogen and oxygen atoms in total. The summed E-state index contributed by atoms with van der Waals surface area (Å²) in [6.07, 6.45) is -3.23. The molecule has 2 N–H and O–H groups in total. The lowest BCUT2D eigenvalue weighted by Crippen LogP contribution is -2.14. The maximum atomic E-state index is 12.8. The molecule has 1 rings (SSSR count). The number of nitrogens with zero attached hydrogens (tertiary/aromatic N) is 2. The van der Waals surface area contributed by atoms with E-state index in [1.54, 1.807) is 6.07 Å². The fraction of sp³-hybridized carbons (Fsp3) is 0.364. The lowest BCUT2D eigenvalue weighted by atomic mass is 10.0. The van der Waals surface area contributed by atoms with E-state index >= 15 is 0 Å². The highest BCUT2D eigenvalue weighted by Crippen LogP contribution is 2.25. The molecule has 0 fully saturated rings. The van der Waals surface area contributed by atoms with Gasteiger partial charge in [-0.25, -0.2) is 13.8 Å². The number of nitrogens with two attached hydrogens (primary N) is 1. The number of rotatable bonds is 4. The molecular weight excluding hydrogens is 244 g/mol. The summed E-state index contributed by atoms with van der Waals surface area (Å²) in [6.45, 7) is -0.0662. The van der Waals surface area contributed by atoms with E-state index in [2.05, 4.69) is 9.72 Å². The van der Waals surface area contributed by atoms with E-state index in [9.17, 15) is 13.6 Å². The molecule has 0 aliphatic rings. The van der Waals surface area contributed by atoms with Crippen LogP contribution in [0.5, 0.6) is 0 Å². The molecule has 0 spiro atoms. The van der Waals surface area contributed by atoms with Gasteiger partial charge in [-0.05, 0) is 17.2 Å². The molecule has 1 aromatic rings. The first kappa shape index (κ1) is 14.0. The lowest BCUT2D eigenvalue weighted by Gasteiger charge is -2.12. The Hall–Kier alpha value is -2.07. The van der Waals surface area contributed by atoms with Crippen LogP contribution < -0.4 is 5.73 Å². The maximum absolute atomic E-state index is 12.8. The highest BCUT2D eigenvalue weighted by Gasteiger charge is 2.21. The van der Waals surface area contributed by atoms with Crippen LogP contribution in [0.3, 0.4) is 0 Å². The average Bonchev–Trinajstić information content (AvgIpc) is 2.38. The minimum absolute atomic E-state index is 0.0263. The minimum atomic E-state index is -2.89. The molecule has 0 aromatic carbocycles. The van der Waals surface area contributed by atoms with E-state index in [1.807, 2.05) is 0 Å². The fourth-order valence-electron chi connectivity index (χ4n) is 1.49. The van der Waals surface area contributed by atoms with Gasteiger partial charge in [-0.1, -0.05) is 0 Å². The first-order valence-electron chi connectivity index (χ1n) is 5.01. The van der Waals surface area contributed by atoms with Gasteiger partial charge in [0.25, 0.3) is 6.43 Å². The molecule has 0 amide bonds. The number of pyridine rings is 1. The van der Waals surface area contributed by atoms with Crippen molar-refractivity contribution in [3.05, 3.63) is 28.6 Å². The van der Waals surface area contributed by atoms with Gasteiger partial charge >= 0.3 is 5.97 Å². The van der Waals surface area contributed by atoms with Crippen molar-refractivity contribution in [3.8, 4) is 6.07 Å². The molecule has 18 heavy (non-hydrogen) atoms. The van der Waals surface area contributed by atoms with Crippen molar-refractivity contribution in [2.24, 2.45) is 5.73 Å². The molecule has 0 unspecified atom stereocenters. The molecule has 0 saturated heterocycles. The molecule has 0 saturated carbocycles. The summed E-state index contributed by atoms with van der Waals surface area (Å²) in [6, 6.07) is 2.97. The summed E-state index contributed by atoms with van der Waals surface area (Å²) in [5, 5.41) is 8.69. The SMILES string of the molecule is COC(=O)Cc1c(CN)cc(C#N)nc1C(F)F. The Bertz CT molecular complexity index is 498. The fourth-order valence-corrected chi connectivity index (χ4v) is 1.49. The summed E-state index contributed by atoms with van der Waals surface area (Å²) in [5.74, 6) is -0.668. The molecule has 7 heteroatoms. The Kier molecular flexibility index (Phi) is 4.68. The molecule has 0 aliphatic carbocycles. The Morgan fingerprint density at radius 2 is 2.33 bits per heavy atom. The van der Waals surface area contributed by atoms with Gasteiger partial charge in [-0.15, -0.1) is 0 Å². The predicted octanol–water partition coefficient (Wildman–Crippen LogP) is 1.07. The number of aromatic nitrogens is 1. The zero-order chi connectivity index (χ0) is 13.7. The van der Waals surface area contributed by atoms with Gasteiger partial charge < -0.3 is 10.5 Å².